The molecule has 3 rings (SSSR count). The molecule has 1 aliphatic rings. The maximum Gasteiger partial charge on any atom is 0.255 e. The molecule has 1 fully saturated rings. The minimum Gasteiger partial charge on any atom is -0.335 e. The normalized spacial score (nSPS) is 18.8. The minimum atomic E-state index is 0.0999. The van der Waals surface area contributed by atoms with E-state index in [9.17, 15) is 4.79 Å². The molecular weight excluding hydrogens is 276 g/mol. The summed E-state index contributed by atoms with van der Waals surface area (Å²) in [5.41, 5.74) is 1.51. The van der Waals surface area contributed by atoms with Crippen LogP contribution in [0.15, 0.2) is 18.5 Å². The molecular formula is C17H24N4O. The fourth-order valence-electron chi connectivity index (χ4n) is 3.34. The molecule has 1 atom stereocenters. The van der Waals surface area contributed by atoms with Crippen molar-refractivity contribution in [1.29, 1.82) is 0 Å². The summed E-state index contributed by atoms with van der Waals surface area (Å²) in [5.74, 6) is 0.592. The molecule has 22 heavy (non-hydrogen) atoms. The van der Waals surface area contributed by atoms with Crippen molar-refractivity contribution < 1.29 is 4.79 Å². The Morgan fingerprint density at radius 1 is 1.27 bits per heavy atom. The van der Waals surface area contributed by atoms with Crippen molar-refractivity contribution >= 4 is 16.9 Å². The van der Waals surface area contributed by atoms with Gasteiger partial charge in [-0.2, -0.15) is 5.10 Å². The minimum absolute atomic E-state index is 0.0999. The molecule has 2 aromatic heterocycles. The number of amides is 1. The zero-order valence-corrected chi connectivity index (χ0v) is 13.8. The van der Waals surface area contributed by atoms with E-state index in [-0.39, 0.29) is 11.9 Å². The molecule has 5 nitrogen and oxygen atoms in total. The first-order chi connectivity index (χ1) is 10.5. The number of aromatic nitrogens is 3. The lowest BCUT2D eigenvalue weighted by molar-refractivity contribution is 0.0701. The molecule has 1 amide bonds. The summed E-state index contributed by atoms with van der Waals surface area (Å²) >= 11 is 0. The maximum absolute atomic E-state index is 12.8. The fourth-order valence-corrected chi connectivity index (χ4v) is 3.34. The SMILES string of the molecule is CC(C)C1CCCN1C(=O)c1cnc2c(cnn2C(C)C)c1. The fraction of sp³-hybridized carbons (Fsp3) is 0.588. The van der Waals surface area contributed by atoms with E-state index in [4.69, 9.17) is 0 Å². The topological polar surface area (TPSA) is 51.0 Å². The first kappa shape index (κ1) is 15.0. The van der Waals surface area contributed by atoms with E-state index < -0.39 is 0 Å². The lowest BCUT2D eigenvalue weighted by Crippen LogP contribution is -2.38. The van der Waals surface area contributed by atoms with Crippen LogP contribution in [-0.4, -0.2) is 38.2 Å². The number of nitrogens with zero attached hydrogens (tertiary/aromatic N) is 4. The van der Waals surface area contributed by atoms with Crippen LogP contribution in [0.2, 0.25) is 0 Å². The molecule has 5 heteroatoms. The third-order valence-electron chi connectivity index (χ3n) is 4.50. The molecule has 118 valence electrons. The van der Waals surface area contributed by atoms with Gasteiger partial charge in [-0.25, -0.2) is 9.67 Å². The summed E-state index contributed by atoms with van der Waals surface area (Å²) in [6, 6.07) is 2.53. The molecule has 0 aromatic carbocycles. The molecule has 0 N–H and O–H groups in total. The van der Waals surface area contributed by atoms with Crippen molar-refractivity contribution in [2.45, 2.75) is 52.6 Å². The Hall–Kier alpha value is -1.91. The van der Waals surface area contributed by atoms with Crippen LogP contribution in [0, 0.1) is 5.92 Å². The van der Waals surface area contributed by atoms with Gasteiger partial charge in [0.2, 0.25) is 0 Å². The average molecular weight is 300 g/mol. The number of fused-ring (bicyclic) bond motifs is 1. The number of carbonyl (C=O) groups excluding carboxylic acids is 1. The summed E-state index contributed by atoms with van der Waals surface area (Å²) in [5, 5.41) is 5.30. The summed E-state index contributed by atoms with van der Waals surface area (Å²) in [6.07, 6.45) is 5.68. The second-order valence-corrected chi connectivity index (χ2v) is 6.77. The van der Waals surface area contributed by atoms with Crippen LogP contribution in [0.25, 0.3) is 11.0 Å². The van der Waals surface area contributed by atoms with Crippen LogP contribution in [0.3, 0.4) is 0 Å². The van der Waals surface area contributed by atoms with Gasteiger partial charge in [0.25, 0.3) is 5.91 Å². The molecule has 1 aliphatic heterocycles. The Labute approximate surface area is 131 Å². The average Bonchev–Trinajstić information content (AvgIpc) is 3.12. The van der Waals surface area contributed by atoms with Crippen molar-refractivity contribution in [3.05, 3.63) is 24.0 Å². The number of hydrogen-bond donors (Lipinski definition) is 0. The van der Waals surface area contributed by atoms with Gasteiger partial charge < -0.3 is 4.90 Å². The smallest absolute Gasteiger partial charge is 0.255 e. The first-order valence-corrected chi connectivity index (χ1v) is 8.13. The van der Waals surface area contributed by atoms with Gasteiger partial charge >= 0.3 is 0 Å². The monoisotopic (exact) mass is 300 g/mol. The first-order valence-electron chi connectivity index (χ1n) is 8.13. The molecule has 0 spiro atoms. The molecule has 3 heterocycles. The van der Waals surface area contributed by atoms with Crippen LogP contribution >= 0.6 is 0 Å². The second kappa shape index (κ2) is 5.71. The predicted molar refractivity (Wildman–Crippen MR) is 86.8 cm³/mol. The van der Waals surface area contributed by atoms with E-state index in [1.54, 1.807) is 12.4 Å². The quantitative estimate of drug-likeness (QED) is 0.874. The lowest BCUT2D eigenvalue weighted by atomic mass is 10.0. The molecule has 1 unspecified atom stereocenters. The van der Waals surface area contributed by atoms with Gasteiger partial charge in [0.1, 0.15) is 0 Å². The van der Waals surface area contributed by atoms with Gasteiger partial charge in [0.15, 0.2) is 5.65 Å². The Balaban J connectivity index is 1.91. The molecule has 0 radical (unpaired) electrons. The van der Waals surface area contributed by atoms with Gasteiger partial charge in [-0.05, 0) is 38.7 Å². The Morgan fingerprint density at radius 2 is 2.05 bits per heavy atom. The molecule has 0 saturated carbocycles. The third kappa shape index (κ3) is 2.49. The van der Waals surface area contributed by atoms with Gasteiger partial charge in [-0.15, -0.1) is 0 Å². The van der Waals surface area contributed by atoms with Gasteiger partial charge in [-0.3, -0.25) is 4.79 Å². The van der Waals surface area contributed by atoms with Crippen LogP contribution in [0.1, 0.15) is 56.9 Å². The molecule has 0 aliphatic carbocycles. The van der Waals surface area contributed by atoms with E-state index in [0.29, 0.717) is 17.5 Å². The number of pyridine rings is 1. The highest BCUT2D eigenvalue weighted by Gasteiger charge is 2.31. The van der Waals surface area contributed by atoms with Crippen molar-refractivity contribution in [3.8, 4) is 0 Å². The Kier molecular flexibility index (Phi) is 3.89. The summed E-state index contributed by atoms with van der Waals surface area (Å²) in [6.45, 7) is 9.37. The molecule has 0 bridgehead atoms. The van der Waals surface area contributed by atoms with Crippen molar-refractivity contribution in [2.75, 3.05) is 6.54 Å². The largest absolute Gasteiger partial charge is 0.335 e. The van der Waals surface area contributed by atoms with Crippen LogP contribution < -0.4 is 0 Å². The maximum atomic E-state index is 12.8. The van der Waals surface area contributed by atoms with Crippen LogP contribution in [0.5, 0.6) is 0 Å². The molecule has 1 saturated heterocycles. The van der Waals surface area contributed by atoms with Crippen molar-refractivity contribution in [2.24, 2.45) is 5.92 Å². The lowest BCUT2D eigenvalue weighted by Gasteiger charge is -2.27. The zero-order chi connectivity index (χ0) is 15.9. The summed E-state index contributed by atoms with van der Waals surface area (Å²) < 4.78 is 1.89. The number of likely N-dealkylation sites (tertiary alicyclic amines) is 1. The van der Waals surface area contributed by atoms with E-state index in [1.165, 1.54) is 0 Å². The third-order valence-corrected chi connectivity index (χ3v) is 4.50. The van der Waals surface area contributed by atoms with E-state index >= 15 is 0 Å². The Morgan fingerprint density at radius 3 is 2.73 bits per heavy atom. The molecule has 2 aromatic rings. The zero-order valence-electron chi connectivity index (χ0n) is 13.8. The van der Waals surface area contributed by atoms with Crippen molar-refractivity contribution in [1.82, 2.24) is 19.7 Å². The number of hydrogen-bond acceptors (Lipinski definition) is 3. The Bertz CT molecular complexity index is 689. The highest BCUT2D eigenvalue weighted by molar-refractivity contribution is 5.97. The second-order valence-electron chi connectivity index (χ2n) is 6.77. The van der Waals surface area contributed by atoms with Gasteiger partial charge in [-0.1, -0.05) is 13.8 Å². The van der Waals surface area contributed by atoms with Crippen LogP contribution in [-0.2, 0) is 0 Å². The number of rotatable bonds is 3. The highest BCUT2D eigenvalue weighted by atomic mass is 16.2. The van der Waals surface area contributed by atoms with E-state index in [1.807, 2.05) is 15.6 Å². The van der Waals surface area contributed by atoms with E-state index in [2.05, 4.69) is 37.8 Å². The number of carbonyl (C=O) groups is 1. The van der Waals surface area contributed by atoms with Crippen LogP contribution in [0.4, 0.5) is 0 Å². The standard InChI is InChI=1S/C17H24N4O/c1-11(2)15-6-5-7-20(15)17(22)14-8-13-10-19-21(12(3)4)16(13)18-9-14/h8-12,15H,5-7H2,1-4H3. The summed E-state index contributed by atoms with van der Waals surface area (Å²) in [4.78, 5) is 19.3. The van der Waals surface area contributed by atoms with Gasteiger partial charge in [0, 0.05) is 30.2 Å². The highest BCUT2D eigenvalue weighted by Crippen LogP contribution is 2.26. The van der Waals surface area contributed by atoms with Crippen molar-refractivity contribution in [3.63, 3.8) is 0 Å². The summed E-state index contributed by atoms with van der Waals surface area (Å²) in [7, 11) is 0. The predicted octanol–water partition coefficient (Wildman–Crippen LogP) is 3.27. The van der Waals surface area contributed by atoms with E-state index in [0.717, 1.165) is 30.4 Å². The van der Waals surface area contributed by atoms with Gasteiger partial charge in [0.05, 0.1) is 11.8 Å².